The molecule has 7 heteroatoms. The van der Waals surface area contributed by atoms with Crippen molar-refractivity contribution in [2.45, 2.75) is 0 Å². The number of hydrogen-bond donors (Lipinski definition) is 2. The van der Waals surface area contributed by atoms with E-state index in [2.05, 4.69) is 5.32 Å². The molecule has 6 nitrogen and oxygen atoms in total. The average Bonchev–Trinajstić information content (AvgIpc) is 3.15. The Balaban J connectivity index is 1.83. The smallest absolute Gasteiger partial charge is 0.337 e. The molecule has 2 N–H and O–H groups in total. The number of nitrogens with one attached hydrogen (secondary N) is 1. The first kappa shape index (κ1) is 19.0. The minimum absolute atomic E-state index is 0.0730. The molecule has 0 atom stereocenters. The number of carboxylic acid groups (broad SMARTS) is 1. The van der Waals surface area contributed by atoms with Gasteiger partial charge in [0.05, 0.1) is 11.3 Å². The van der Waals surface area contributed by atoms with Gasteiger partial charge >= 0.3 is 5.97 Å². The van der Waals surface area contributed by atoms with Crippen LogP contribution in [0.15, 0.2) is 70.7 Å². The number of benzene rings is 2. The van der Waals surface area contributed by atoms with Gasteiger partial charge in [0, 0.05) is 16.7 Å². The molecule has 0 radical (unpaired) electrons. The molecule has 3 aromatic rings. The average molecular weight is 393 g/mol. The fourth-order valence-electron chi connectivity index (χ4n) is 2.46. The van der Waals surface area contributed by atoms with E-state index in [-0.39, 0.29) is 16.8 Å². The highest BCUT2D eigenvalue weighted by atomic mass is 35.5. The van der Waals surface area contributed by atoms with Crippen molar-refractivity contribution in [3.05, 3.63) is 82.6 Å². The first-order chi connectivity index (χ1) is 13.5. The van der Waals surface area contributed by atoms with Gasteiger partial charge in [0.25, 0.3) is 5.91 Å². The maximum Gasteiger partial charge on any atom is 0.337 e. The molecule has 0 spiro atoms. The molecular weight excluding hydrogens is 380 g/mol. The van der Waals surface area contributed by atoms with E-state index in [1.807, 2.05) is 0 Å². The number of nitriles is 1. The Labute approximate surface area is 165 Å². The highest BCUT2D eigenvalue weighted by Crippen LogP contribution is 2.25. The van der Waals surface area contributed by atoms with E-state index < -0.39 is 11.9 Å². The molecule has 0 unspecified atom stereocenters. The van der Waals surface area contributed by atoms with E-state index in [9.17, 15) is 20.0 Å². The van der Waals surface area contributed by atoms with Gasteiger partial charge in [-0.2, -0.15) is 5.26 Å². The number of carboxylic acids is 1. The standard InChI is InChI=1S/C21H13ClN2O4/c22-15-7-5-13(6-8-15)19-10-9-16(28-19)11-14(12-23)20(25)24-18-4-2-1-3-17(18)21(26)27/h1-11H,(H,24,25)(H,26,27). The molecule has 28 heavy (non-hydrogen) atoms. The van der Waals surface area contributed by atoms with Crippen LogP contribution in [-0.2, 0) is 4.79 Å². The zero-order chi connectivity index (χ0) is 20.1. The third-order valence-corrected chi connectivity index (χ3v) is 4.06. The highest BCUT2D eigenvalue weighted by Gasteiger charge is 2.15. The molecule has 3 rings (SSSR count). The van der Waals surface area contributed by atoms with E-state index >= 15 is 0 Å². The van der Waals surface area contributed by atoms with Crippen molar-refractivity contribution in [2.24, 2.45) is 0 Å². The number of anilines is 1. The van der Waals surface area contributed by atoms with Gasteiger partial charge in [0.15, 0.2) is 0 Å². The van der Waals surface area contributed by atoms with Gasteiger partial charge in [-0.25, -0.2) is 4.79 Å². The van der Waals surface area contributed by atoms with Gasteiger partial charge in [-0.15, -0.1) is 0 Å². The largest absolute Gasteiger partial charge is 0.478 e. The Morgan fingerprint density at radius 3 is 2.46 bits per heavy atom. The molecule has 0 aliphatic carbocycles. The van der Waals surface area contributed by atoms with E-state index in [1.54, 1.807) is 54.6 Å². The summed E-state index contributed by atoms with van der Waals surface area (Å²) in [7, 11) is 0. The number of hydrogen-bond acceptors (Lipinski definition) is 4. The number of aromatic carboxylic acids is 1. The lowest BCUT2D eigenvalue weighted by molar-refractivity contribution is -0.112. The van der Waals surface area contributed by atoms with E-state index in [4.69, 9.17) is 16.0 Å². The van der Waals surface area contributed by atoms with Crippen molar-refractivity contribution in [1.82, 2.24) is 0 Å². The molecule has 0 saturated heterocycles. The third kappa shape index (κ3) is 4.29. The van der Waals surface area contributed by atoms with Crippen LogP contribution in [0.25, 0.3) is 17.4 Å². The van der Waals surface area contributed by atoms with Crippen molar-refractivity contribution < 1.29 is 19.1 Å². The minimum atomic E-state index is -1.18. The second kappa shape index (κ2) is 8.25. The summed E-state index contributed by atoms with van der Waals surface area (Å²) >= 11 is 5.87. The van der Waals surface area contributed by atoms with Gasteiger partial charge in [-0.1, -0.05) is 23.7 Å². The van der Waals surface area contributed by atoms with Crippen LogP contribution in [0.3, 0.4) is 0 Å². The summed E-state index contributed by atoms with van der Waals surface area (Å²) in [6.07, 6.45) is 1.29. The Morgan fingerprint density at radius 2 is 1.79 bits per heavy atom. The van der Waals surface area contributed by atoms with Crippen molar-refractivity contribution in [1.29, 1.82) is 5.26 Å². The number of para-hydroxylation sites is 1. The van der Waals surface area contributed by atoms with Crippen LogP contribution < -0.4 is 5.32 Å². The molecule has 1 aromatic heterocycles. The fourth-order valence-corrected chi connectivity index (χ4v) is 2.58. The number of nitrogens with zero attached hydrogens (tertiary/aromatic N) is 1. The van der Waals surface area contributed by atoms with Gasteiger partial charge < -0.3 is 14.8 Å². The van der Waals surface area contributed by atoms with Gasteiger partial charge in [0.1, 0.15) is 23.2 Å². The number of furan rings is 1. The normalized spacial score (nSPS) is 10.9. The molecule has 0 saturated carbocycles. The van der Waals surface area contributed by atoms with Gasteiger partial charge in [-0.05, 0) is 48.5 Å². The highest BCUT2D eigenvalue weighted by molar-refractivity contribution is 6.30. The number of rotatable bonds is 5. The molecule has 1 heterocycles. The molecule has 2 aromatic carbocycles. The minimum Gasteiger partial charge on any atom is -0.478 e. The maximum absolute atomic E-state index is 12.4. The van der Waals surface area contributed by atoms with Gasteiger partial charge in [-0.3, -0.25) is 4.79 Å². The molecule has 0 fully saturated rings. The van der Waals surface area contributed by atoms with Crippen LogP contribution in [0.4, 0.5) is 5.69 Å². The lowest BCUT2D eigenvalue weighted by Crippen LogP contribution is -2.16. The number of carbonyl (C=O) groups excluding carboxylic acids is 1. The zero-order valence-corrected chi connectivity index (χ0v) is 15.1. The first-order valence-corrected chi connectivity index (χ1v) is 8.47. The number of amides is 1. The lowest BCUT2D eigenvalue weighted by Gasteiger charge is -2.07. The van der Waals surface area contributed by atoms with Crippen molar-refractivity contribution in [2.75, 3.05) is 5.32 Å². The summed E-state index contributed by atoms with van der Waals surface area (Å²) in [5, 5.41) is 21.5. The van der Waals surface area contributed by atoms with E-state index in [0.717, 1.165) is 5.56 Å². The van der Waals surface area contributed by atoms with Crippen molar-refractivity contribution >= 4 is 35.2 Å². The molecule has 0 aliphatic heterocycles. The molecule has 1 amide bonds. The third-order valence-electron chi connectivity index (χ3n) is 3.81. The summed E-state index contributed by atoms with van der Waals surface area (Å²) in [5.74, 6) is -1.06. The van der Waals surface area contributed by atoms with Crippen LogP contribution in [0.1, 0.15) is 16.1 Å². The number of halogens is 1. The SMILES string of the molecule is N#CC(=Cc1ccc(-c2ccc(Cl)cc2)o1)C(=O)Nc1ccccc1C(=O)O. The van der Waals surface area contributed by atoms with E-state index in [1.165, 1.54) is 18.2 Å². The second-order valence-electron chi connectivity index (χ2n) is 5.68. The Kier molecular flexibility index (Phi) is 5.58. The van der Waals surface area contributed by atoms with Crippen LogP contribution in [0, 0.1) is 11.3 Å². The van der Waals surface area contributed by atoms with Crippen molar-refractivity contribution in [3.63, 3.8) is 0 Å². The monoisotopic (exact) mass is 392 g/mol. The quantitative estimate of drug-likeness (QED) is 0.477. The van der Waals surface area contributed by atoms with Crippen LogP contribution in [0.2, 0.25) is 5.02 Å². The molecule has 0 bridgehead atoms. The fraction of sp³-hybridized carbons (Fsp3) is 0. The lowest BCUT2D eigenvalue weighted by atomic mass is 10.1. The topological polar surface area (TPSA) is 103 Å². The predicted molar refractivity (Wildman–Crippen MR) is 105 cm³/mol. The van der Waals surface area contributed by atoms with E-state index in [0.29, 0.717) is 16.5 Å². The Hall–Kier alpha value is -3.82. The van der Waals surface area contributed by atoms with Crippen LogP contribution >= 0.6 is 11.6 Å². The summed E-state index contributed by atoms with van der Waals surface area (Å²) in [4.78, 5) is 23.6. The summed E-state index contributed by atoms with van der Waals surface area (Å²) in [6.45, 7) is 0. The van der Waals surface area contributed by atoms with Crippen molar-refractivity contribution in [3.8, 4) is 17.4 Å². The second-order valence-corrected chi connectivity index (χ2v) is 6.12. The Bertz CT molecular complexity index is 1110. The summed E-state index contributed by atoms with van der Waals surface area (Å²) < 4.78 is 5.66. The number of carbonyl (C=O) groups is 2. The molecular formula is C21H13ClN2O4. The first-order valence-electron chi connectivity index (χ1n) is 8.09. The maximum atomic E-state index is 12.4. The van der Waals surface area contributed by atoms with Crippen LogP contribution in [0.5, 0.6) is 0 Å². The van der Waals surface area contributed by atoms with Gasteiger partial charge in [0.2, 0.25) is 0 Å². The Morgan fingerprint density at radius 1 is 1.07 bits per heavy atom. The molecule has 138 valence electrons. The predicted octanol–water partition coefficient (Wildman–Crippen LogP) is 4.84. The van der Waals surface area contributed by atoms with Crippen LogP contribution in [-0.4, -0.2) is 17.0 Å². The summed E-state index contributed by atoms with van der Waals surface area (Å²) in [6, 6.07) is 18.1. The zero-order valence-electron chi connectivity index (χ0n) is 14.3. The molecule has 0 aliphatic rings. The summed E-state index contributed by atoms with van der Waals surface area (Å²) in [5.41, 5.74) is 0.596.